The van der Waals surface area contributed by atoms with Gasteiger partial charge in [-0.15, -0.1) is 0 Å². The quantitative estimate of drug-likeness (QED) is 0.607. The lowest BCUT2D eigenvalue weighted by atomic mass is 9.97. The minimum atomic E-state index is -0.782. The Bertz CT molecular complexity index is 661. The molecule has 0 radical (unpaired) electrons. The molecule has 0 spiro atoms. The van der Waals surface area contributed by atoms with Crippen LogP contribution in [0.25, 0.3) is 0 Å². The number of hydrogen-bond donors (Lipinski definition) is 1. The highest BCUT2D eigenvalue weighted by Gasteiger charge is 2.10. The zero-order chi connectivity index (χ0) is 17.6. The second-order valence-corrected chi connectivity index (χ2v) is 7.15. The Hall–Kier alpha value is -2.04. The second-order valence-electron chi connectivity index (χ2n) is 6.72. The first-order valence-electron chi connectivity index (χ1n) is 7.77. The van der Waals surface area contributed by atoms with Gasteiger partial charge in [-0.25, -0.2) is 4.79 Å². The number of rotatable bonds is 5. The predicted octanol–water partition coefficient (Wildman–Crippen LogP) is 5.05. The molecule has 2 aromatic rings. The van der Waals surface area contributed by atoms with Crippen molar-refractivity contribution >= 4 is 17.8 Å². The summed E-state index contributed by atoms with van der Waals surface area (Å²) in [6.45, 7) is 8.25. The van der Waals surface area contributed by atoms with Crippen LogP contribution in [-0.2, 0) is 6.54 Å². The standard InChI is InChI=1S/C19H22ClNO3/c1-19(2,3)13-21-12-14-4-8-16(9-5-14)23-18(22)24-17-10-6-15(20)7-11-17/h4-11,21H,12-13H2,1-3H3. The Balaban J connectivity index is 1.82. The van der Waals surface area contributed by atoms with Gasteiger partial charge in [0.25, 0.3) is 0 Å². The van der Waals surface area contributed by atoms with Crippen LogP contribution < -0.4 is 14.8 Å². The third-order valence-corrected chi connectivity index (χ3v) is 3.38. The van der Waals surface area contributed by atoms with Crippen LogP contribution in [0.15, 0.2) is 48.5 Å². The minimum Gasteiger partial charge on any atom is -0.395 e. The van der Waals surface area contributed by atoms with Gasteiger partial charge in [-0.3, -0.25) is 0 Å². The maximum atomic E-state index is 11.7. The van der Waals surface area contributed by atoms with Crippen molar-refractivity contribution in [3.63, 3.8) is 0 Å². The monoisotopic (exact) mass is 347 g/mol. The zero-order valence-corrected chi connectivity index (χ0v) is 14.9. The van der Waals surface area contributed by atoms with Crippen molar-refractivity contribution in [3.05, 3.63) is 59.1 Å². The summed E-state index contributed by atoms with van der Waals surface area (Å²) in [5.74, 6) is 0.820. The first-order chi connectivity index (χ1) is 11.3. The van der Waals surface area contributed by atoms with E-state index in [0.717, 1.165) is 18.7 Å². The van der Waals surface area contributed by atoms with E-state index in [-0.39, 0.29) is 5.41 Å². The molecule has 0 bridgehead atoms. The van der Waals surface area contributed by atoms with E-state index in [9.17, 15) is 4.79 Å². The highest BCUT2D eigenvalue weighted by atomic mass is 35.5. The lowest BCUT2D eigenvalue weighted by Crippen LogP contribution is -2.26. The number of carbonyl (C=O) groups excluding carboxylic acids is 1. The van der Waals surface area contributed by atoms with Crippen LogP contribution in [-0.4, -0.2) is 12.7 Å². The number of nitrogens with one attached hydrogen (secondary N) is 1. The van der Waals surface area contributed by atoms with E-state index in [1.807, 2.05) is 12.1 Å². The molecule has 0 saturated heterocycles. The maximum Gasteiger partial charge on any atom is 0.519 e. The van der Waals surface area contributed by atoms with Gasteiger partial charge < -0.3 is 14.8 Å². The molecule has 2 aromatic carbocycles. The Labute approximate surface area is 147 Å². The minimum absolute atomic E-state index is 0.245. The molecule has 0 aliphatic carbocycles. The summed E-state index contributed by atoms with van der Waals surface area (Å²) in [5, 5.41) is 3.97. The Kier molecular flexibility index (Phi) is 6.23. The molecule has 2 rings (SSSR count). The number of halogens is 1. The fourth-order valence-corrected chi connectivity index (χ4v) is 2.10. The molecule has 0 atom stereocenters. The number of benzene rings is 2. The SMILES string of the molecule is CC(C)(C)CNCc1ccc(OC(=O)Oc2ccc(Cl)cc2)cc1. The van der Waals surface area contributed by atoms with Gasteiger partial charge in [0.1, 0.15) is 11.5 Å². The van der Waals surface area contributed by atoms with Gasteiger partial charge in [0.05, 0.1) is 0 Å². The normalized spacial score (nSPS) is 11.2. The molecule has 0 unspecified atom stereocenters. The van der Waals surface area contributed by atoms with Crippen molar-refractivity contribution in [1.29, 1.82) is 0 Å². The second kappa shape index (κ2) is 8.18. The van der Waals surface area contributed by atoms with Crippen LogP contribution in [0.5, 0.6) is 11.5 Å². The summed E-state index contributed by atoms with van der Waals surface area (Å²) in [5.41, 5.74) is 1.37. The summed E-state index contributed by atoms with van der Waals surface area (Å²) in [7, 11) is 0. The lowest BCUT2D eigenvalue weighted by Gasteiger charge is -2.18. The van der Waals surface area contributed by atoms with Crippen LogP contribution in [0, 0.1) is 5.41 Å². The van der Waals surface area contributed by atoms with Crippen LogP contribution in [0.1, 0.15) is 26.3 Å². The average molecular weight is 348 g/mol. The summed E-state index contributed by atoms with van der Waals surface area (Å²) in [6.07, 6.45) is -0.782. The van der Waals surface area contributed by atoms with Crippen molar-refractivity contribution in [2.75, 3.05) is 6.54 Å². The van der Waals surface area contributed by atoms with E-state index in [2.05, 4.69) is 26.1 Å². The fourth-order valence-electron chi connectivity index (χ4n) is 1.97. The van der Waals surface area contributed by atoms with Gasteiger partial charge in [-0.1, -0.05) is 44.5 Å². The maximum absolute atomic E-state index is 11.7. The summed E-state index contributed by atoms with van der Waals surface area (Å²) < 4.78 is 10.2. The summed E-state index contributed by atoms with van der Waals surface area (Å²) >= 11 is 5.78. The van der Waals surface area contributed by atoms with E-state index in [0.29, 0.717) is 16.5 Å². The smallest absolute Gasteiger partial charge is 0.395 e. The van der Waals surface area contributed by atoms with Crippen molar-refractivity contribution in [2.45, 2.75) is 27.3 Å². The molecule has 0 aromatic heterocycles. The van der Waals surface area contributed by atoms with E-state index < -0.39 is 6.16 Å². The molecular weight excluding hydrogens is 326 g/mol. The van der Waals surface area contributed by atoms with E-state index in [1.165, 1.54) is 0 Å². The van der Waals surface area contributed by atoms with E-state index in [4.69, 9.17) is 21.1 Å². The van der Waals surface area contributed by atoms with Gasteiger partial charge in [-0.05, 0) is 47.4 Å². The average Bonchev–Trinajstić information content (AvgIpc) is 2.50. The molecule has 0 fully saturated rings. The molecule has 0 aliphatic heterocycles. The Morgan fingerprint density at radius 3 is 1.96 bits per heavy atom. The van der Waals surface area contributed by atoms with Crippen LogP contribution in [0.3, 0.4) is 0 Å². The first-order valence-corrected chi connectivity index (χ1v) is 8.14. The third-order valence-electron chi connectivity index (χ3n) is 3.12. The topological polar surface area (TPSA) is 47.6 Å². The summed E-state index contributed by atoms with van der Waals surface area (Å²) in [4.78, 5) is 11.7. The van der Waals surface area contributed by atoms with Gasteiger partial charge in [0, 0.05) is 18.1 Å². The fraction of sp³-hybridized carbons (Fsp3) is 0.316. The molecule has 1 N–H and O–H groups in total. The van der Waals surface area contributed by atoms with Gasteiger partial charge in [0.2, 0.25) is 0 Å². The van der Waals surface area contributed by atoms with Crippen molar-refractivity contribution in [2.24, 2.45) is 5.41 Å². The Morgan fingerprint density at radius 2 is 1.46 bits per heavy atom. The number of hydrogen-bond acceptors (Lipinski definition) is 4. The van der Waals surface area contributed by atoms with Gasteiger partial charge >= 0.3 is 6.16 Å². The van der Waals surface area contributed by atoms with Crippen molar-refractivity contribution in [1.82, 2.24) is 5.32 Å². The molecule has 0 aliphatic rings. The molecule has 4 nitrogen and oxygen atoms in total. The van der Waals surface area contributed by atoms with Crippen LogP contribution >= 0.6 is 11.6 Å². The van der Waals surface area contributed by atoms with Crippen molar-refractivity contribution in [3.8, 4) is 11.5 Å². The predicted molar refractivity (Wildman–Crippen MR) is 95.7 cm³/mol. The molecule has 24 heavy (non-hydrogen) atoms. The van der Waals surface area contributed by atoms with Crippen molar-refractivity contribution < 1.29 is 14.3 Å². The lowest BCUT2D eigenvalue weighted by molar-refractivity contribution is 0.152. The molecule has 0 saturated carbocycles. The van der Waals surface area contributed by atoms with E-state index >= 15 is 0 Å². The Morgan fingerprint density at radius 1 is 0.958 bits per heavy atom. The third kappa shape index (κ3) is 6.60. The molecule has 128 valence electrons. The molecular formula is C19H22ClNO3. The zero-order valence-electron chi connectivity index (χ0n) is 14.1. The highest BCUT2D eigenvalue weighted by molar-refractivity contribution is 6.30. The summed E-state index contributed by atoms with van der Waals surface area (Å²) in [6, 6.07) is 13.8. The molecule has 0 amide bonds. The highest BCUT2D eigenvalue weighted by Crippen LogP contribution is 2.18. The molecule has 0 heterocycles. The van der Waals surface area contributed by atoms with Gasteiger partial charge in [0.15, 0.2) is 0 Å². The number of carbonyl (C=O) groups is 1. The van der Waals surface area contributed by atoms with Crippen LogP contribution in [0.2, 0.25) is 5.02 Å². The van der Waals surface area contributed by atoms with E-state index in [1.54, 1.807) is 36.4 Å². The van der Waals surface area contributed by atoms with Crippen LogP contribution in [0.4, 0.5) is 4.79 Å². The number of ether oxygens (including phenoxy) is 2. The first kappa shape index (κ1) is 18.3. The van der Waals surface area contributed by atoms with Gasteiger partial charge in [-0.2, -0.15) is 0 Å². The molecule has 5 heteroatoms. The largest absolute Gasteiger partial charge is 0.519 e.